The number of aromatic nitrogens is 1. The minimum absolute atomic E-state index is 0.154. The molecule has 0 N–H and O–H groups in total. The molecule has 0 amide bonds. The van der Waals surface area contributed by atoms with Gasteiger partial charge in [-0.2, -0.15) is 0 Å². The Morgan fingerprint density at radius 3 is 2.53 bits per heavy atom. The number of benzene rings is 3. The summed E-state index contributed by atoms with van der Waals surface area (Å²) in [6.45, 7) is 1.88. The van der Waals surface area contributed by atoms with Gasteiger partial charge in [-0.1, -0.05) is 59.9 Å². The maximum atomic E-state index is 13.9. The second kappa shape index (κ2) is 11.0. The third kappa shape index (κ3) is 4.95. The molecule has 3 aromatic carbocycles. The summed E-state index contributed by atoms with van der Waals surface area (Å²) < 4.78 is 27.5. The van der Waals surface area contributed by atoms with Gasteiger partial charge in [-0.15, -0.1) is 0 Å². The molecule has 192 valence electrons. The number of esters is 1. The van der Waals surface area contributed by atoms with Crippen LogP contribution in [-0.2, 0) is 9.53 Å². The van der Waals surface area contributed by atoms with Crippen LogP contribution in [0.2, 0.25) is 0 Å². The molecule has 0 spiro atoms. The van der Waals surface area contributed by atoms with Gasteiger partial charge in [0.15, 0.2) is 4.80 Å². The Balaban J connectivity index is 1.80. The number of carbonyl (C=O) groups excluding carboxylic acids is 1. The molecule has 9 heteroatoms. The van der Waals surface area contributed by atoms with E-state index in [-0.39, 0.29) is 17.7 Å². The third-order valence-electron chi connectivity index (χ3n) is 6.03. The van der Waals surface area contributed by atoms with Crippen LogP contribution in [0.4, 0.5) is 4.39 Å². The Labute approximate surface area is 235 Å². The number of nitrogens with zero attached hydrogens (tertiary/aromatic N) is 2. The molecule has 0 fully saturated rings. The summed E-state index contributed by atoms with van der Waals surface area (Å²) in [7, 11) is 1.61. The van der Waals surface area contributed by atoms with Crippen LogP contribution in [-0.4, -0.2) is 24.3 Å². The van der Waals surface area contributed by atoms with Crippen LogP contribution in [0.25, 0.3) is 11.8 Å². The number of rotatable bonds is 6. The van der Waals surface area contributed by atoms with E-state index in [1.807, 2.05) is 48.5 Å². The zero-order valence-electron chi connectivity index (χ0n) is 20.5. The summed E-state index contributed by atoms with van der Waals surface area (Å²) in [6.07, 6.45) is 1.80. The van der Waals surface area contributed by atoms with E-state index in [1.54, 1.807) is 32.2 Å². The van der Waals surface area contributed by atoms with Crippen molar-refractivity contribution < 1.29 is 18.7 Å². The van der Waals surface area contributed by atoms with Crippen molar-refractivity contribution in [2.75, 3.05) is 13.7 Å². The fraction of sp³-hybridized carbons (Fsp3) is 0.138. The van der Waals surface area contributed by atoms with Crippen LogP contribution in [0.1, 0.15) is 29.7 Å². The van der Waals surface area contributed by atoms with Crippen LogP contribution in [0, 0.1) is 9.39 Å². The van der Waals surface area contributed by atoms with Gasteiger partial charge in [0.25, 0.3) is 5.56 Å². The summed E-state index contributed by atoms with van der Waals surface area (Å²) in [6, 6.07) is 19.9. The maximum Gasteiger partial charge on any atom is 0.338 e. The summed E-state index contributed by atoms with van der Waals surface area (Å²) in [5.74, 6) is -0.254. The average molecular weight is 640 g/mol. The van der Waals surface area contributed by atoms with E-state index in [0.29, 0.717) is 26.2 Å². The maximum absolute atomic E-state index is 13.9. The van der Waals surface area contributed by atoms with Gasteiger partial charge in [-0.3, -0.25) is 9.36 Å². The average Bonchev–Trinajstić information content (AvgIpc) is 3.23. The van der Waals surface area contributed by atoms with E-state index in [4.69, 9.17) is 14.5 Å². The van der Waals surface area contributed by atoms with Crippen molar-refractivity contribution in [1.29, 1.82) is 0 Å². The quantitative estimate of drug-likeness (QED) is 0.227. The lowest BCUT2D eigenvalue weighted by Crippen LogP contribution is -2.40. The fourth-order valence-corrected chi connectivity index (χ4v) is 6.09. The van der Waals surface area contributed by atoms with Gasteiger partial charge in [-0.05, 0) is 71.0 Å². The molecule has 0 saturated carbocycles. The molecule has 1 aliphatic rings. The summed E-state index contributed by atoms with van der Waals surface area (Å²) in [5, 5.41) is 0. The van der Waals surface area contributed by atoms with Gasteiger partial charge in [0.05, 0.1) is 39.1 Å². The molecule has 1 aliphatic heterocycles. The monoisotopic (exact) mass is 640 g/mol. The summed E-state index contributed by atoms with van der Waals surface area (Å²) in [4.78, 5) is 32.5. The van der Waals surface area contributed by atoms with E-state index < -0.39 is 17.8 Å². The minimum Gasteiger partial charge on any atom is -0.496 e. The molecule has 2 heterocycles. The highest BCUT2D eigenvalue weighted by molar-refractivity contribution is 14.1. The van der Waals surface area contributed by atoms with Crippen LogP contribution < -0.4 is 19.6 Å². The molecule has 4 aromatic rings. The van der Waals surface area contributed by atoms with Gasteiger partial charge in [0.1, 0.15) is 11.6 Å². The molecule has 0 saturated heterocycles. The lowest BCUT2D eigenvalue weighted by Gasteiger charge is -2.25. The highest BCUT2D eigenvalue weighted by atomic mass is 127. The number of fused-ring (bicyclic) bond motifs is 1. The molecule has 0 unspecified atom stereocenters. The van der Waals surface area contributed by atoms with Crippen molar-refractivity contribution in [3.63, 3.8) is 0 Å². The largest absolute Gasteiger partial charge is 0.496 e. The Kier molecular flexibility index (Phi) is 7.57. The third-order valence-corrected chi connectivity index (χ3v) is 7.86. The molecule has 1 aromatic heterocycles. The molecular formula is C29H22FIN2O4S. The van der Waals surface area contributed by atoms with E-state index in [2.05, 4.69) is 22.6 Å². The van der Waals surface area contributed by atoms with Gasteiger partial charge < -0.3 is 9.47 Å². The number of halogens is 2. The van der Waals surface area contributed by atoms with Crippen molar-refractivity contribution in [1.82, 2.24) is 4.57 Å². The first-order chi connectivity index (χ1) is 18.4. The first kappa shape index (κ1) is 26.1. The van der Waals surface area contributed by atoms with Crippen molar-refractivity contribution in [2.24, 2.45) is 4.99 Å². The standard InChI is InChI=1S/C29H22FIN2O4S/c1-3-37-28(35)24-25(18-7-5-4-6-8-18)32-29-33(26(24)19-10-12-20(30)13-11-19)27(34)23(38-29)16-17-9-14-22(36-2)21(31)15-17/h4-16,26H,3H2,1-2H3/b23-16+/t26-/m1/s1. The second-order valence-corrected chi connectivity index (χ2v) is 10.5. The number of ether oxygens (including phenoxy) is 2. The zero-order valence-corrected chi connectivity index (χ0v) is 23.5. The highest BCUT2D eigenvalue weighted by Gasteiger charge is 2.35. The number of methoxy groups -OCH3 is 1. The smallest absolute Gasteiger partial charge is 0.338 e. The van der Waals surface area contributed by atoms with Crippen LogP contribution >= 0.6 is 33.9 Å². The normalized spacial score (nSPS) is 15.2. The minimum atomic E-state index is -0.848. The number of hydrogen-bond donors (Lipinski definition) is 0. The van der Waals surface area contributed by atoms with Crippen LogP contribution in [0.3, 0.4) is 0 Å². The Morgan fingerprint density at radius 2 is 1.87 bits per heavy atom. The van der Waals surface area contributed by atoms with E-state index in [9.17, 15) is 14.0 Å². The van der Waals surface area contributed by atoms with Gasteiger partial charge in [0, 0.05) is 5.56 Å². The molecule has 38 heavy (non-hydrogen) atoms. The van der Waals surface area contributed by atoms with E-state index in [1.165, 1.54) is 28.0 Å². The van der Waals surface area contributed by atoms with Gasteiger partial charge >= 0.3 is 5.97 Å². The zero-order chi connectivity index (χ0) is 26.8. The lowest BCUT2D eigenvalue weighted by atomic mass is 9.93. The van der Waals surface area contributed by atoms with E-state index >= 15 is 0 Å². The second-order valence-electron chi connectivity index (χ2n) is 8.38. The predicted molar refractivity (Wildman–Crippen MR) is 153 cm³/mol. The van der Waals surface area contributed by atoms with Crippen molar-refractivity contribution in [3.05, 3.63) is 124 Å². The van der Waals surface area contributed by atoms with Crippen LogP contribution in [0.15, 0.2) is 88.2 Å². The first-order valence-electron chi connectivity index (χ1n) is 11.8. The number of carbonyl (C=O) groups is 1. The fourth-order valence-electron chi connectivity index (χ4n) is 4.32. The summed E-state index contributed by atoms with van der Waals surface area (Å²) >= 11 is 3.42. The molecule has 5 rings (SSSR count). The van der Waals surface area contributed by atoms with Gasteiger partial charge in [0.2, 0.25) is 0 Å². The lowest BCUT2D eigenvalue weighted by molar-refractivity contribution is -0.138. The number of thiazole rings is 1. The first-order valence-corrected chi connectivity index (χ1v) is 13.7. The highest BCUT2D eigenvalue weighted by Crippen LogP contribution is 2.35. The molecule has 0 aliphatic carbocycles. The SMILES string of the molecule is CCOC(=O)C1=C(c2ccccc2)N=c2s/c(=C/c3ccc(OC)c(I)c3)c(=O)n2[C@@H]1c1ccc(F)cc1. The molecule has 0 bridgehead atoms. The number of hydrogen-bond acceptors (Lipinski definition) is 6. The van der Waals surface area contributed by atoms with Gasteiger partial charge in [-0.25, -0.2) is 14.2 Å². The Morgan fingerprint density at radius 1 is 1.13 bits per heavy atom. The topological polar surface area (TPSA) is 69.9 Å². The predicted octanol–water partition coefficient (Wildman–Crippen LogP) is 4.69. The molecule has 6 nitrogen and oxygen atoms in total. The molecular weight excluding hydrogens is 618 g/mol. The molecule has 1 atom stereocenters. The Bertz CT molecular complexity index is 1730. The summed E-state index contributed by atoms with van der Waals surface area (Å²) in [5.41, 5.74) is 2.46. The van der Waals surface area contributed by atoms with Crippen molar-refractivity contribution in [2.45, 2.75) is 13.0 Å². The Hall–Kier alpha value is -3.57. The van der Waals surface area contributed by atoms with Crippen LogP contribution in [0.5, 0.6) is 5.75 Å². The van der Waals surface area contributed by atoms with Crippen molar-refractivity contribution >= 4 is 51.7 Å². The van der Waals surface area contributed by atoms with Crippen molar-refractivity contribution in [3.8, 4) is 5.75 Å². The molecule has 0 radical (unpaired) electrons. The van der Waals surface area contributed by atoms with E-state index in [0.717, 1.165) is 14.9 Å².